The van der Waals surface area contributed by atoms with Crippen LogP contribution in [0.2, 0.25) is 0 Å². The third-order valence-corrected chi connectivity index (χ3v) is 4.74. The van der Waals surface area contributed by atoms with Crippen molar-refractivity contribution in [3.63, 3.8) is 0 Å². The zero-order valence-electron chi connectivity index (χ0n) is 12.3. The summed E-state index contributed by atoms with van der Waals surface area (Å²) in [6.45, 7) is 4.33. The number of rotatable bonds is 5. The van der Waals surface area contributed by atoms with E-state index in [1.165, 1.54) is 0 Å². The Kier molecular flexibility index (Phi) is 3.96. The summed E-state index contributed by atoms with van der Waals surface area (Å²) < 4.78 is 6.34. The minimum atomic E-state index is 0.0955. The molecule has 0 saturated carbocycles. The molecule has 1 N–H and O–H groups in total. The summed E-state index contributed by atoms with van der Waals surface area (Å²) in [5.74, 6) is 1.10. The first-order chi connectivity index (χ1) is 10.2. The quantitative estimate of drug-likeness (QED) is 0.920. The van der Waals surface area contributed by atoms with Crippen molar-refractivity contribution < 1.29 is 9.53 Å². The summed E-state index contributed by atoms with van der Waals surface area (Å²) in [5, 5.41) is 3.93. The fraction of sp³-hybridized carbons (Fsp3) is 0.467. The van der Waals surface area contributed by atoms with Gasteiger partial charge in [-0.15, -0.1) is 0 Å². The molecule has 2 aromatic rings. The highest BCUT2D eigenvalue weighted by Crippen LogP contribution is 2.34. The monoisotopic (exact) mass is 305 g/mol. The highest BCUT2D eigenvalue weighted by atomic mass is 32.1. The van der Waals surface area contributed by atoms with Crippen LogP contribution in [-0.2, 0) is 4.79 Å². The number of hydrogen-bond donors (Lipinski definition) is 1. The van der Waals surface area contributed by atoms with Crippen molar-refractivity contribution in [1.29, 1.82) is 0 Å². The molecule has 1 amide bonds. The zero-order chi connectivity index (χ0) is 14.8. The minimum Gasteiger partial charge on any atom is -0.497 e. The Labute approximate surface area is 127 Å². The van der Waals surface area contributed by atoms with Gasteiger partial charge >= 0.3 is 0 Å². The van der Waals surface area contributed by atoms with E-state index in [4.69, 9.17) is 4.74 Å². The van der Waals surface area contributed by atoms with Crippen LogP contribution in [0, 0.1) is 5.92 Å². The lowest BCUT2D eigenvalue weighted by Crippen LogP contribution is -2.53. The predicted octanol–water partition coefficient (Wildman–Crippen LogP) is 2.27. The maximum absolute atomic E-state index is 11.8. The molecular weight excluding hydrogens is 286 g/mol. The summed E-state index contributed by atoms with van der Waals surface area (Å²) in [6, 6.07) is 5.89. The molecule has 2 heterocycles. The third-order valence-electron chi connectivity index (χ3n) is 3.66. The molecule has 0 aliphatic carbocycles. The molecule has 1 aliphatic rings. The van der Waals surface area contributed by atoms with Crippen LogP contribution in [0.25, 0.3) is 10.2 Å². The van der Waals surface area contributed by atoms with Gasteiger partial charge in [-0.1, -0.05) is 18.3 Å². The van der Waals surface area contributed by atoms with Crippen molar-refractivity contribution in [3.05, 3.63) is 18.2 Å². The number of carbonyl (C=O) groups is 1. The van der Waals surface area contributed by atoms with Crippen molar-refractivity contribution in [3.8, 4) is 5.75 Å². The second-order valence-electron chi connectivity index (χ2n) is 5.22. The number of methoxy groups -OCH3 is 1. The van der Waals surface area contributed by atoms with Crippen LogP contribution < -0.4 is 15.0 Å². The maximum atomic E-state index is 11.8. The number of carbonyl (C=O) groups excluding carboxylic acids is 1. The Morgan fingerprint density at radius 2 is 2.33 bits per heavy atom. The van der Waals surface area contributed by atoms with E-state index in [0.29, 0.717) is 0 Å². The largest absolute Gasteiger partial charge is 0.497 e. The Balaban J connectivity index is 1.65. The van der Waals surface area contributed by atoms with Gasteiger partial charge in [-0.25, -0.2) is 4.98 Å². The first-order valence-corrected chi connectivity index (χ1v) is 8.00. The Morgan fingerprint density at radius 3 is 3.05 bits per heavy atom. The molecule has 0 atom stereocenters. The molecule has 0 unspecified atom stereocenters. The van der Waals surface area contributed by atoms with Gasteiger partial charge in [-0.2, -0.15) is 0 Å². The Hall–Kier alpha value is -1.82. The van der Waals surface area contributed by atoms with Gasteiger partial charge in [0, 0.05) is 19.6 Å². The SMILES string of the molecule is CCCNC(=O)C1CN(c2nc3ccc(OC)cc3s2)C1. The molecule has 21 heavy (non-hydrogen) atoms. The van der Waals surface area contributed by atoms with E-state index in [2.05, 4.69) is 22.1 Å². The lowest BCUT2D eigenvalue weighted by atomic mass is 10.0. The van der Waals surface area contributed by atoms with Crippen molar-refractivity contribution >= 4 is 32.6 Å². The number of hydrogen-bond acceptors (Lipinski definition) is 5. The normalized spacial score (nSPS) is 15.0. The average Bonchev–Trinajstić information content (AvgIpc) is 2.85. The molecule has 5 nitrogen and oxygen atoms in total. The molecule has 1 aromatic carbocycles. The highest BCUT2D eigenvalue weighted by Gasteiger charge is 2.34. The van der Waals surface area contributed by atoms with Crippen molar-refractivity contribution in [1.82, 2.24) is 10.3 Å². The number of benzene rings is 1. The third kappa shape index (κ3) is 2.81. The summed E-state index contributed by atoms with van der Waals surface area (Å²) in [7, 11) is 1.66. The predicted molar refractivity (Wildman–Crippen MR) is 85.2 cm³/mol. The molecule has 1 aliphatic heterocycles. The molecular formula is C15H19N3O2S. The average molecular weight is 305 g/mol. The number of fused-ring (bicyclic) bond motifs is 1. The van der Waals surface area contributed by atoms with Crippen LogP contribution in [0.15, 0.2) is 18.2 Å². The number of nitrogens with zero attached hydrogens (tertiary/aromatic N) is 2. The van der Waals surface area contributed by atoms with Gasteiger partial charge in [0.1, 0.15) is 5.75 Å². The summed E-state index contributed by atoms with van der Waals surface area (Å²) in [4.78, 5) is 18.6. The smallest absolute Gasteiger partial charge is 0.226 e. The second kappa shape index (κ2) is 5.89. The van der Waals surface area contributed by atoms with Crippen LogP contribution in [0.3, 0.4) is 0 Å². The van der Waals surface area contributed by atoms with Crippen LogP contribution >= 0.6 is 11.3 Å². The lowest BCUT2D eigenvalue weighted by molar-refractivity contribution is -0.125. The fourth-order valence-electron chi connectivity index (χ4n) is 2.35. The van der Waals surface area contributed by atoms with Gasteiger partial charge in [-0.3, -0.25) is 4.79 Å². The number of aromatic nitrogens is 1. The molecule has 0 radical (unpaired) electrons. The second-order valence-corrected chi connectivity index (χ2v) is 6.23. The van der Waals surface area contributed by atoms with Crippen LogP contribution in [-0.4, -0.2) is 37.6 Å². The number of thiazole rings is 1. The van der Waals surface area contributed by atoms with Gasteiger partial charge in [0.15, 0.2) is 5.13 Å². The summed E-state index contributed by atoms with van der Waals surface area (Å²) in [5.41, 5.74) is 0.981. The van der Waals surface area contributed by atoms with Crippen molar-refractivity contribution in [2.45, 2.75) is 13.3 Å². The number of ether oxygens (including phenoxy) is 1. The Bertz CT molecular complexity index is 649. The highest BCUT2D eigenvalue weighted by molar-refractivity contribution is 7.22. The minimum absolute atomic E-state index is 0.0955. The van der Waals surface area contributed by atoms with Gasteiger partial charge in [0.05, 0.1) is 23.2 Å². The Morgan fingerprint density at radius 1 is 1.52 bits per heavy atom. The van der Waals surface area contributed by atoms with E-state index in [1.54, 1.807) is 18.4 Å². The van der Waals surface area contributed by atoms with Crippen molar-refractivity contribution in [2.75, 3.05) is 31.6 Å². The zero-order valence-corrected chi connectivity index (χ0v) is 13.1. The number of anilines is 1. The fourth-order valence-corrected chi connectivity index (χ4v) is 3.36. The number of nitrogens with one attached hydrogen (secondary N) is 1. The molecule has 112 valence electrons. The van der Waals surface area contributed by atoms with Crippen LogP contribution in [0.4, 0.5) is 5.13 Å². The maximum Gasteiger partial charge on any atom is 0.226 e. The van der Waals surface area contributed by atoms with E-state index >= 15 is 0 Å². The molecule has 0 spiro atoms. The molecule has 3 rings (SSSR count). The molecule has 1 saturated heterocycles. The van der Waals surface area contributed by atoms with E-state index in [1.807, 2.05) is 18.2 Å². The molecule has 0 bridgehead atoms. The van der Waals surface area contributed by atoms with E-state index < -0.39 is 0 Å². The molecule has 1 fully saturated rings. The summed E-state index contributed by atoms with van der Waals surface area (Å²) in [6.07, 6.45) is 0.974. The van der Waals surface area contributed by atoms with E-state index in [9.17, 15) is 4.79 Å². The van der Waals surface area contributed by atoms with Gasteiger partial charge < -0.3 is 15.0 Å². The van der Waals surface area contributed by atoms with E-state index in [-0.39, 0.29) is 11.8 Å². The van der Waals surface area contributed by atoms with Crippen LogP contribution in [0.5, 0.6) is 5.75 Å². The first kappa shape index (κ1) is 14.1. The summed E-state index contributed by atoms with van der Waals surface area (Å²) >= 11 is 1.65. The topological polar surface area (TPSA) is 54.5 Å². The van der Waals surface area contributed by atoms with Gasteiger partial charge in [-0.05, 0) is 24.6 Å². The number of amides is 1. The molecule has 1 aromatic heterocycles. The first-order valence-electron chi connectivity index (χ1n) is 7.18. The van der Waals surface area contributed by atoms with Crippen LogP contribution in [0.1, 0.15) is 13.3 Å². The van der Waals surface area contributed by atoms with Crippen molar-refractivity contribution in [2.24, 2.45) is 5.92 Å². The molecule has 6 heteroatoms. The van der Waals surface area contributed by atoms with Gasteiger partial charge in [0.2, 0.25) is 5.91 Å². The standard InChI is InChI=1S/C15H19N3O2S/c1-3-6-16-14(19)10-8-18(9-10)15-17-12-5-4-11(20-2)7-13(12)21-15/h4-5,7,10H,3,6,8-9H2,1-2H3,(H,16,19). The lowest BCUT2D eigenvalue weighted by Gasteiger charge is -2.37. The van der Waals surface area contributed by atoms with Gasteiger partial charge in [0.25, 0.3) is 0 Å². The van der Waals surface area contributed by atoms with E-state index in [0.717, 1.165) is 47.2 Å².